The van der Waals surface area contributed by atoms with Crippen molar-refractivity contribution in [2.75, 3.05) is 13.7 Å². The summed E-state index contributed by atoms with van der Waals surface area (Å²) >= 11 is 0. The number of nitrogens with zero attached hydrogens (tertiary/aromatic N) is 3. The van der Waals surface area contributed by atoms with Crippen LogP contribution < -0.4 is 9.47 Å². The minimum Gasteiger partial charge on any atom is -0.493 e. The van der Waals surface area contributed by atoms with E-state index in [-0.39, 0.29) is 6.10 Å². The third kappa shape index (κ3) is 6.39. The van der Waals surface area contributed by atoms with E-state index in [2.05, 4.69) is 37.8 Å². The average molecular weight is 466 g/mol. The van der Waals surface area contributed by atoms with Crippen molar-refractivity contribution in [2.24, 2.45) is 7.05 Å². The molecule has 0 fully saturated rings. The van der Waals surface area contributed by atoms with Gasteiger partial charge in [-0.05, 0) is 31.9 Å². The maximum Gasteiger partial charge on any atom is 0.222 e. The molecule has 0 spiro atoms. The van der Waals surface area contributed by atoms with E-state index in [1.54, 1.807) is 11.8 Å². The lowest BCUT2D eigenvalue weighted by Gasteiger charge is -2.30. The number of unbranched alkanes of at least 4 members (excludes halogenated alkanes) is 1. The zero-order chi connectivity index (χ0) is 24.5. The van der Waals surface area contributed by atoms with Gasteiger partial charge in [-0.2, -0.15) is 5.10 Å². The zero-order valence-corrected chi connectivity index (χ0v) is 21.2. The number of aryl methyl sites for hydroxylation is 1. The van der Waals surface area contributed by atoms with Crippen LogP contribution >= 0.6 is 0 Å². The van der Waals surface area contributed by atoms with Gasteiger partial charge >= 0.3 is 0 Å². The first-order valence-electron chi connectivity index (χ1n) is 12.3. The third-order valence-electron chi connectivity index (χ3n) is 6.32. The van der Waals surface area contributed by atoms with Crippen LogP contribution in [0.15, 0.2) is 54.6 Å². The molecule has 0 aliphatic heterocycles. The van der Waals surface area contributed by atoms with Crippen molar-refractivity contribution in [1.29, 1.82) is 0 Å². The van der Waals surface area contributed by atoms with Crippen LogP contribution in [0.25, 0.3) is 11.3 Å². The van der Waals surface area contributed by atoms with Gasteiger partial charge in [0.15, 0.2) is 11.5 Å². The molecule has 184 valence electrons. The second-order valence-electron chi connectivity index (χ2n) is 8.86. The highest BCUT2D eigenvalue weighted by Gasteiger charge is 2.25. The summed E-state index contributed by atoms with van der Waals surface area (Å²) < 4.78 is 13.8. The second kappa shape index (κ2) is 12.6. The number of para-hydroxylation sites is 2. The predicted octanol–water partition coefficient (Wildman–Crippen LogP) is 6.04. The number of aromatic nitrogens is 2. The fourth-order valence-corrected chi connectivity index (χ4v) is 4.12. The molecule has 0 amide bonds. The van der Waals surface area contributed by atoms with Gasteiger partial charge in [-0.25, -0.2) is 4.68 Å². The number of ether oxygens (including phenoxy) is 2. The first-order valence-corrected chi connectivity index (χ1v) is 12.3. The second-order valence-corrected chi connectivity index (χ2v) is 8.86. The lowest BCUT2D eigenvalue weighted by atomic mass is 10.1. The molecule has 3 aromatic rings. The van der Waals surface area contributed by atoms with Gasteiger partial charge in [0.2, 0.25) is 5.88 Å². The molecule has 3 rings (SSSR count). The first kappa shape index (κ1) is 25.8. The fraction of sp³-hybridized carbons (Fsp3) is 0.464. The summed E-state index contributed by atoms with van der Waals surface area (Å²) in [6, 6.07) is 18.1. The number of hydrogen-bond donors (Lipinski definition) is 1. The molecular weight excluding hydrogens is 426 g/mol. The largest absolute Gasteiger partial charge is 0.493 e. The third-order valence-corrected chi connectivity index (χ3v) is 6.32. The van der Waals surface area contributed by atoms with Crippen LogP contribution in [-0.2, 0) is 13.6 Å². The van der Waals surface area contributed by atoms with Crippen LogP contribution in [0.3, 0.4) is 0 Å². The molecule has 34 heavy (non-hydrogen) atoms. The van der Waals surface area contributed by atoms with Crippen molar-refractivity contribution in [3.8, 4) is 28.6 Å². The maximum absolute atomic E-state index is 10.7. The molecule has 0 saturated heterocycles. The van der Waals surface area contributed by atoms with Crippen molar-refractivity contribution in [1.82, 2.24) is 14.7 Å². The summed E-state index contributed by atoms with van der Waals surface area (Å²) in [5.41, 5.74) is 2.94. The number of hydrogen-bond acceptors (Lipinski definition) is 5. The molecule has 6 nitrogen and oxygen atoms in total. The Morgan fingerprint density at radius 2 is 1.71 bits per heavy atom. The van der Waals surface area contributed by atoms with Crippen molar-refractivity contribution in [3.05, 3.63) is 60.2 Å². The maximum atomic E-state index is 10.7. The van der Waals surface area contributed by atoms with Crippen molar-refractivity contribution >= 4 is 0 Å². The zero-order valence-electron chi connectivity index (χ0n) is 21.2. The van der Waals surface area contributed by atoms with Crippen LogP contribution in [0.5, 0.6) is 17.4 Å². The Morgan fingerprint density at radius 1 is 1.03 bits per heavy atom. The minimum atomic E-state index is -0.357. The summed E-state index contributed by atoms with van der Waals surface area (Å²) in [5, 5.41) is 15.6. The molecule has 2 aromatic carbocycles. The van der Waals surface area contributed by atoms with Crippen LogP contribution in [-0.4, -0.2) is 45.6 Å². The number of aliphatic hydroxyl groups excluding tert-OH is 1. The summed E-state index contributed by atoms with van der Waals surface area (Å²) in [6.07, 6.45) is 3.55. The van der Waals surface area contributed by atoms with E-state index >= 15 is 0 Å². The summed E-state index contributed by atoms with van der Waals surface area (Å²) in [4.78, 5) is 2.35. The standard InChI is InChI=1S/C28H39N3O3/c1-6-8-16-23(32)19-31(21(3)7-2)20-24-27(22-14-10-9-11-15-22)29-30(4)28(24)34-26-18-13-12-17-25(26)33-5/h9-15,17-18,21,23,32H,6-8,16,19-20H2,1-5H3/t21-,23-/m0/s1. The molecular formula is C28H39N3O3. The van der Waals surface area contributed by atoms with Crippen molar-refractivity contribution < 1.29 is 14.6 Å². The minimum absolute atomic E-state index is 0.305. The average Bonchev–Trinajstić information content (AvgIpc) is 3.17. The quantitative estimate of drug-likeness (QED) is 0.333. The van der Waals surface area contributed by atoms with Crippen LogP contribution in [0.4, 0.5) is 0 Å². The number of methoxy groups -OCH3 is 1. The molecule has 1 N–H and O–H groups in total. The Balaban J connectivity index is 2.02. The van der Waals surface area contributed by atoms with Crippen molar-refractivity contribution in [2.45, 2.75) is 65.1 Å². The first-order chi connectivity index (χ1) is 16.5. The van der Waals surface area contributed by atoms with E-state index in [0.29, 0.717) is 36.5 Å². The Kier molecular flexibility index (Phi) is 9.54. The highest BCUT2D eigenvalue weighted by atomic mass is 16.5. The monoisotopic (exact) mass is 465 g/mol. The molecule has 1 aromatic heterocycles. The smallest absolute Gasteiger partial charge is 0.222 e. The number of benzene rings is 2. The molecule has 0 aliphatic carbocycles. The van der Waals surface area contributed by atoms with Crippen molar-refractivity contribution in [3.63, 3.8) is 0 Å². The molecule has 2 atom stereocenters. The summed E-state index contributed by atoms with van der Waals surface area (Å²) in [6.45, 7) is 7.80. The van der Waals surface area contributed by atoms with E-state index in [9.17, 15) is 5.11 Å². The molecule has 0 unspecified atom stereocenters. The Hall–Kier alpha value is -2.83. The number of rotatable bonds is 13. The highest BCUT2D eigenvalue weighted by molar-refractivity contribution is 5.66. The number of aliphatic hydroxyl groups is 1. The predicted molar refractivity (Wildman–Crippen MR) is 137 cm³/mol. The van der Waals surface area contributed by atoms with Gasteiger partial charge in [-0.1, -0.05) is 69.2 Å². The lowest BCUT2D eigenvalue weighted by Crippen LogP contribution is -2.38. The summed E-state index contributed by atoms with van der Waals surface area (Å²) in [7, 11) is 3.55. The van der Waals surface area contributed by atoms with Crippen LogP contribution in [0, 0.1) is 0 Å². The van der Waals surface area contributed by atoms with Gasteiger partial charge in [0.1, 0.15) is 5.69 Å². The molecule has 0 aliphatic rings. The van der Waals surface area contributed by atoms with Crippen LogP contribution in [0.1, 0.15) is 52.0 Å². The Morgan fingerprint density at radius 3 is 2.35 bits per heavy atom. The van der Waals surface area contributed by atoms with Gasteiger partial charge in [0.25, 0.3) is 0 Å². The summed E-state index contributed by atoms with van der Waals surface area (Å²) in [5.74, 6) is 2.00. The van der Waals surface area contributed by atoms with Gasteiger partial charge in [-0.15, -0.1) is 0 Å². The van der Waals surface area contributed by atoms with Gasteiger partial charge in [0.05, 0.1) is 18.8 Å². The molecule has 0 radical (unpaired) electrons. The van der Waals surface area contributed by atoms with Crippen LogP contribution in [0.2, 0.25) is 0 Å². The molecule has 1 heterocycles. The topological polar surface area (TPSA) is 59.8 Å². The molecule has 0 saturated carbocycles. The van der Waals surface area contributed by atoms with Gasteiger partial charge in [-0.3, -0.25) is 4.90 Å². The van der Waals surface area contributed by atoms with Gasteiger partial charge < -0.3 is 14.6 Å². The SMILES string of the molecule is CCCC[C@H](O)CN(Cc1c(-c2ccccc2)nn(C)c1Oc1ccccc1OC)[C@@H](C)CC. The van der Waals surface area contributed by atoms with E-state index in [4.69, 9.17) is 14.6 Å². The van der Waals surface area contributed by atoms with E-state index in [0.717, 1.165) is 42.5 Å². The molecule has 0 bridgehead atoms. The van der Waals surface area contributed by atoms with E-state index < -0.39 is 0 Å². The fourth-order valence-electron chi connectivity index (χ4n) is 4.12. The Bertz CT molecular complexity index is 1020. The molecule has 6 heteroatoms. The highest BCUT2D eigenvalue weighted by Crippen LogP contribution is 2.37. The Labute approximate surface area is 204 Å². The van der Waals surface area contributed by atoms with Gasteiger partial charge in [0, 0.05) is 31.7 Å². The van der Waals surface area contributed by atoms with E-state index in [1.807, 2.05) is 49.5 Å². The normalized spacial score (nSPS) is 13.1. The lowest BCUT2D eigenvalue weighted by molar-refractivity contribution is 0.0774. The van der Waals surface area contributed by atoms with E-state index in [1.165, 1.54) is 0 Å².